The van der Waals surface area contributed by atoms with Crippen molar-refractivity contribution in [2.45, 2.75) is 52.7 Å². The van der Waals surface area contributed by atoms with E-state index in [0.29, 0.717) is 30.9 Å². The maximum Gasteiger partial charge on any atom is 0.407 e. The number of hydrogen-bond acceptors (Lipinski definition) is 3. The molecule has 0 saturated heterocycles. The van der Waals surface area contributed by atoms with Crippen LogP contribution in [-0.4, -0.2) is 24.8 Å². The van der Waals surface area contributed by atoms with Crippen LogP contribution in [0.15, 0.2) is 30.3 Å². The largest absolute Gasteiger partial charge is 0.444 e. The maximum atomic E-state index is 11.8. The molecule has 24 heavy (non-hydrogen) atoms. The van der Waals surface area contributed by atoms with E-state index >= 15 is 0 Å². The first-order valence-corrected chi connectivity index (χ1v) is 8.93. The van der Waals surface area contributed by atoms with Gasteiger partial charge in [-0.25, -0.2) is 4.79 Å². The van der Waals surface area contributed by atoms with Crippen LogP contribution in [0.2, 0.25) is 0 Å². The van der Waals surface area contributed by atoms with Gasteiger partial charge >= 0.3 is 6.09 Å². The predicted octanol–water partition coefficient (Wildman–Crippen LogP) is 4.39. The lowest BCUT2D eigenvalue weighted by atomic mass is 9.92. The molecule has 4 nitrogen and oxygen atoms in total. The molecule has 134 valence electrons. The van der Waals surface area contributed by atoms with E-state index in [1.807, 2.05) is 39.0 Å². The summed E-state index contributed by atoms with van der Waals surface area (Å²) in [6.45, 7) is 10.1. The number of carbonyl (C=O) groups is 1. The Morgan fingerprint density at radius 3 is 2.50 bits per heavy atom. The van der Waals surface area contributed by atoms with Gasteiger partial charge in [0, 0.05) is 6.54 Å². The Morgan fingerprint density at radius 1 is 1.17 bits per heavy atom. The molecule has 0 bridgehead atoms. The second-order valence-corrected chi connectivity index (χ2v) is 7.84. The molecular weight excluding hydrogens is 302 g/mol. The summed E-state index contributed by atoms with van der Waals surface area (Å²) in [6, 6.07) is 10.3. The van der Waals surface area contributed by atoms with Gasteiger partial charge < -0.3 is 14.8 Å². The van der Waals surface area contributed by atoms with Crippen molar-refractivity contribution in [1.29, 1.82) is 0 Å². The molecule has 1 fully saturated rings. The van der Waals surface area contributed by atoms with Gasteiger partial charge in [-0.15, -0.1) is 0 Å². The third-order valence-corrected chi connectivity index (χ3v) is 4.75. The second kappa shape index (κ2) is 8.52. The number of alkyl carbamates (subject to hydrolysis) is 1. The number of ether oxygens (including phenoxy) is 2. The summed E-state index contributed by atoms with van der Waals surface area (Å²) < 4.78 is 11.2. The molecule has 1 aliphatic rings. The predicted molar refractivity (Wildman–Crippen MR) is 95.7 cm³/mol. The lowest BCUT2D eigenvalue weighted by Gasteiger charge is -2.23. The fourth-order valence-corrected chi connectivity index (χ4v) is 3.29. The Balaban J connectivity index is 1.68. The van der Waals surface area contributed by atoms with Crippen LogP contribution in [0, 0.1) is 17.8 Å². The summed E-state index contributed by atoms with van der Waals surface area (Å²) in [5, 5.41) is 2.91. The SMILES string of the molecule is C[C@@H]1[C@@H](CNC(=O)OC(C)(C)C)CC[C@H]1COCc1ccccc1. The summed E-state index contributed by atoms with van der Waals surface area (Å²) in [4.78, 5) is 11.8. The zero-order chi connectivity index (χ0) is 17.6. The van der Waals surface area contributed by atoms with Gasteiger partial charge in [-0.2, -0.15) is 0 Å². The van der Waals surface area contributed by atoms with Gasteiger partial charge in [0.2, 0.25) is 0 Å². The zero-order valence-corrected chi connectivity index (χ0v) is 15.4. The summed E-state index contributed by atoms with van der Waals surface area (Å²) >= 11 is 0. The summed E-state index contributed by atoms with van der Waals surface area (Å²) in [7, 11) is 0. The smallest absolute Gasteiger partial charge is 0.407 e. The normalized spacial score (nSPS) is 23.9. The Morgan fingerprint density at radius 2 is 1.83 bits per heavy atom. The van der Waals surface area contributed by atoms with Crippen LogP contribution < -0.4 is 5.32 Å². The fourth-order valence-electron chi connectivity index (χ4n) is 3.29. The summed E-state index contributed by atoms with van der Waals surface area (Å²) in [5.41, 5.74) is 0.769. The number of benzene rings is 1. The minimum atomic E-state index is -0.445. The number of amides is 1. The molecule has 3 atom stereocenters. The standard InChI is InChI=1S/C20H31NO3/c1-15-17(12-21-19(22)24-20(2,3)4)10-11-18(15)14-23-13-16-8-6-5-7-9-16/h5-9,15,17-18H,10-14H2,1-4H3,(H,21,22)/t15-,17-,18+/m1/s1. The van der Waals surface area contributed by atoms with Crippen molar-refractivity contribution in [2.75, 3.05) is 13.2 Å². The van der Waals surface area contributed by atoms with E-state index in [0.717, 1.165) is 19.4 Å². The molecule has 0 spiro atoms. The molecule has 0 aromatic heterocycles. The first-order valence-electron chi connectivity index (χ1n) is 8.93. The Bertz CT molecular complexity index is 509. The highest BCUT2D eigenvalue weighted by Gasteiger charge is 2.33. The minimum absolute atomic E-state index is 0.321. The third-order valence-electron chi connectivity index (χ3n) is 4.75. The van der Waals surface area contributed by atoms with E-state index in [1.54, 1.807) is 0 Å². The van der Waals surface area contributed by atoms with Crippen LogP contribution in [0.1, 0.15) is 46.1 Å². The van der Waals surface area contributed by atoms with Gasteiger partial charge in [0.1, 0.15) is 5.60 Å². The number of rotatable bonds is 6. The summed E-state index contributed by atoms with van der Waals surface area (Å²) in [6.07, 6.45) is 1.98. The van der Waals surface area contributed by atoms with E-state index in [9.17, 15) is 4.79 Å². The van der Waals surface area contributed by atoms with Crippen LogP contribution in [0.5, 0.6) is 0 Å². The van der Waals surface area contributed by atoms with E-state index in [2.05, 4.69) is 24.4 Å². The molecule has 1 aliphatic carbocycles. The van der Waals surface area contributed by atoms with Crippen LogP contribution in [0.3, 0.4) is 0 Å². The van der Waals surface area contributed by atoms with Crippen LogP contribution in [0.4, 0.5) is 4.79 Å². The zero-order valence-electron chi connectivity index (χ0n) is 15.4. The molecular formula is C20H31NO3. The molecule has 0 radical (unpaired) electrons. The number of nitrogens with one attached hydrogen (secondary N) is 1. The fraction of sp³-hybridized carbons (Fsp3) is 0.650. The van der Waals surface area contributed by atoms with Gasteiger partial charge in [-0.1, -0.05) is 37.3 Å². The van der Waals surface area contributed by atoms with Gasteiger partial charge in [0.15, 0.2) is 0 Å². The minimum Gasteiger partial charge on any atom is -0.444 e. The van der Waals surface area contributed by atoms with Crippen molar-refractivity contribution in [2.24, 2.45) is 17.8 Å². The van der Waals surface area contributed by atoms with E-state index in [-0.39, 0.29) is 6.09 Å². The molecule has 0 heterocycles. The Labute approximate surface area is 145 Å². The summed E-state index contributed by atoms with van der Waals surface area (Å²) in [5.74, 6) is 1.62. The second-order valence-electron chi connectivity index (χ2n) is 7.84. The lowest BCUT2D eigenvalue weighted by molar-refractivity contribution is 0.0507. The van der Waals surface area contributed by atoms with Crippen molar-refractivity contribution in [1.82, 2.24) is 5.32 Å². The highest BCUT2D eigenvalue weighted by atomic mass is 16.6. The molecule has 1 N–H and O–H groups in total. The average molecular weight is 333 g/mol. The number of hydrogen-bond donors (Lipinski definition) is 1. The molecule has 4 heteroatoms. The molecule has 0 aliphatic heterocycles. The van der Waals surface area contributed by atoms with E-state index < -0.39 is 5.60 Å². The van der Waals surface area contributed by atoms with Gasteiger partial charge in [0.25, 0.3) is 0 Å². The van der Waals surface area contributed by atoms with Crippen LogP contribution >= 0.6 is 0 Å². The molecule has 1 aromatic rings. The first kappa shape index (κ1) is 18.8. The number of carbonyl (C=O) groups excluding carboxylic acids is 1. The quantitative estimate of drug-likeness (QED) is 0.840. The average Bonchev–Trinajstić information content (AvgIpc) is 2.85. The molecule has 0 unspecified atom stereocenters. The Kier molecular flexibility index (Phi) is 6.67. The van der Waals surface area contributed by atoms with Crippen molar-refractivity contribution >= 4 is 6.09 Å². The lowest BCUT2D eigenvalue weighted by Crippen LogP contribution is -2.36. The van der Waals surface area contributed by atoms with Crippen LogP contribution in [-0.2, 0) is 16.1 Å². The monoisotopic (exact) mass is 333 g/mol. The van der Waals surface area contributed by atoms with E-state index in [1.165, 1.54) is 5.56 Å². The molecule has 1 amide bonds. The van der Waals surface area contributed by atoms with Crippen molar-refractivity contribution in [3.8, 4) is 0 Å². The van der Waals surface area contributed by atoms with E-state index in [4.69, 9.17) is 9.47 Å². The van der Waals surface area contributed by atoms with Gasteiger partial charge in [-0.05, 0) is 56.9 Å². The van der Waals surface area contributed by atoms with Crippen molar-refractivity contribution in [3.63, 3.8) is 0 Å². The topological polar surface area (TPSA) is 47.6 Å². The molecule has 1 saturated carbocycles. The first-order chi connectivity index (χ1) is 11.3. The molecule has 2 rings (SSSR count). The highest BCUT2D eigenvalue weighted by molar-refractivity contribution is 5.67. The van der Waals surface area contributed by atoms with Crippen molar-refractivity contribution in [3.05, 3.63) is 35.9 Å². The Hall–Kier alpha value is -1.55. The van der Waals surface area contributed by atoms with Gasteiger partial charge in [-0.3, -0.25) is 0 Å². The highest BCUT2D eigenvalue weighted by Crippen LogP contribution is 2.36. The van der Waals surface area contributed by atoms with Gasteiger partial charge in [0.05, 0.1) is 13.2 Å². The molecule has 1 aromatic carbocycles. The third kappa shape index (κ3) is 6.16. The van der Waals surface area contributed by atoms with Crippen molar-refractivity contribution < 1.29 is 14.3 Å². The maximum absolute atomic E-state index is 11.8. The van der Waals surface area contributed by atoms with Crippen LogP contribution in [0.25, 0.3) is 0 Å².